The van der Waals surface area contributed by atoms with Gasteiger partial charge in [0.05, 0.1) is 24.2 Å². The first-order valence-corrected chi connectivity index (χ1v) is 7.64. The summed E-state index contributed by atoms with van der Waals surface area (Å²) in [6, 6.07) is 8.65. The van der Waals surface area contributed by atoms with Crippen LogP contribution in [0.15, 0.2) is 41.5 Å². The average molecular weight is 359 g/mol. The molecule has 1 amide bonds. The highest BCUT2D eigenvalue weighted by molar-refractivity contribution is 5.85. The van der Waals surface area contributed by atoms with Crippen molar-refractivity contribution in [3.63, 3.8) is 0 Å². The Bertz CT molecular complexity index is 833. The van der Waals surface area contributed by atoms with E-state index < -0.39 is 22.3 Å². The number of phenols is 2. The number of nitro benzene ring substituents is 1. The van der Waals surface area contributed by atoms with Gasteiger partial charge in [-0.3, -0.25) is 14.9 Å². The molecule has 0 spiro atoms. The lowest BCUT2D eigenvalue weighted by Gasteiger charge is -2.07. The van der Waals surface area contributed by atoms with Crippen molar-refractivity contribution in [1.82, 2.24) is 5.43 Å². The number of ether oxygens (including phenoxy) is 1. The van der Waals surface area contributed by atoms with Gasteiger partial charge in [-0.25, -0.2) is 5.43 Å². The zero-order valence-corrected chi connectivity index (χ0v) is 13.9. The quantitative estimate of drug-likeness (QED) is 0.394. The van der Waals surface area contributed by atoms with Gasteiger partial charge in [0.1, 0.15) is 5.75 Å². The Balaban J connectivity index is 2.08. The Morgan fingerprint density at radius 3 is 2.62 bits per heavy atom. The molecule has 0 heterocycles. The minimum Gasteiger partial charge on any atom is -0.508 e. The van der Waals surface area contributed by atoms with E-state index in [0.29, 0.717) is 5.56 Å². The fourth-order valence-electron chi connectivity index (χ4n) is 2.11. The number of aromatic hydroxyl groups is 2. The van der Waals surface area contributed by atoms with Gasteiger partial charge in [0, 0.05) is 11.6 Å². The minimum absolute atomic E-state index is 0.0430. The van der Waals surface area contributed by atoms with Crippen molar-refractivity contribution < 1.29 is 24.7 Å². The number of nitrogens with zero attached hydrogens (tertiary/aromatic N) is 2. The maximum atomic E-state index is 11.8. The fourth-order valence-corrected chi connectivity index (χ4v) is 2.11. The Morgan fingerprint density at radius 2 is 2.00 bits per heavy atom. The first kappa shape index (κ1) is 18.7. The summed E-state index contributed by atoms with van der Waals surface area (Å²) in [5, 5.41) is 33.8. The van der Waals surface area contributed by atoms with Crippen molar-refractivity contribution in [3.05, 3.63) is 57.6 Å². The summed E-state index contributed by atoms with van der Waals surface area (Å²) in [5.41, 5.74) is 2.75. The van der Waals surface area contributed by atoms with Crippen molar-refractivity contribution in [2.45, 2.75) is 13.3 Å². The summed E-state index contributed by atoms with van der Waals surface area (Å²) in [4.78, 5) is 22.1. The molecule has 0 unspecified atom stereocenters. The molecule has 0 aliphatic rings. The number of carbonyl (C=O) groups excluding carboxylic acids is 1. The molecule has 0 aliphatic heterocycles. The van der Waals surface area contributed by atoms with Crippen LogP contribution in [0.3, 0.4) is 0 Å². The SMILES string of the molecule is CCOc1cc(/C=N\NC(=O)Cc2ccc(O)cc2)cc([N+](=O)[O-])c1O. The summed E-state index contributed by atoms with van der Waals surface area (Å²) in [5.74, 6) is -0.902. The van der Waals surface area contributed by atoms with Gasteiger partial charge in [-0.05, 0) is 30.7 Å². The predicted octanol–water partition coefficient (Wildman–Crippen LogP) is 2.10. The van der Waals surface area contributed by atoms with E-state index >= 15 is 0 Å². The number of benzene rings is 2. The molecule has 0 atom stereocenters. The molecule has 26 heavy (non-hydrogen) atoms. The van der Waals surface area contributed by atoms with Gasteiger partial charge in [-0.15, -0.1) is 0 Å². The second-order valence-electron chi connectivity index (χ2n) is 5.21. The van der Waals surface area contributed by atoms with Crippen LogP contribution < -0.4 is 10.2 Å². The fraction of sp³-hybridized carbons (Fsp3) is 0.176. The molecule has 0 aliphatic carbocycles. The zero-order valence-electron chi connectivity index (χ0n) is 13.9. The molecular formula is C17H17N3O6. The number of rotatable bonds is 7. The maximum absolute atomic E-state index is 11.8. The molecule has 2 aromatic carbocycles. The number of hydrogen-bond acceptors (Lipinski definition) is 7. The van der Waals surface area contributed by atoms with E-state index in [1.54, 1.807) is 19.1 Å². The first-order chi connectivity index (χ1) is 12.4. The highest BCUT2D eigenvalue weighted by atomic mass is 16.6. The molecule has 2 aromatic rings. The molecule has 2 rings (SSSR count). The lowest BCUT2D eigenvalue weighted by Crippen LogP contribution is -2.19. The molecule has 136 valence electrons. The third-order valence-corrected chi connectivity index (χ3v) is 3.28. The van der Waals surface area contributed by atoms with E-state index in [1.165, 1.54) is 24.4 Å². The number of amides is 1. The van der Waals surface area contributed by atoms with E-state index in [2.05, 4.69) is 10.5 Å². The van der Waals surface area contributed by atoms with Gasteiger partial charge in [-0.2, -0.15) is 5.10 Å². The molecule has 9 nitrogen and oxygen atoms in total. The molecule has 3 N–H and O–H groups in total. The Hall–Kier alpha value is -3.62. The van der Waals surface area contributed by atoms with Crippen molar-refractivity contribution in [3.8, 4) is 17.2 Å². The molecule has 0 saturated heterocycles. The molecule has 0 radical (unpaired) electrons. The lowest BCUT2D eigenvalue weighted by molar-refractivity contribution is -0.386. The monoisotopic (exact) mass is 359 g/mol. The van der Waals surface area contributed by atoms with Gasteiger partial charge in [0.2, 0.25) is 11.7 Å². The van der Waals surface area contributed by atoms with Crippen LogP contribution in [0.4, 0.5) is 5.69 Å². The van der Waals surface area contributed by atoms with Crippen molar-refractivity contribution in [2.24, 2.45) is 5.10 Å². The lowest BCUT2D eigenvalue weighted by atomic mass is 10.1. The van der Waals surface area contributed by atoms with Crippen LogP contribution in [0.5, 0.6) is 17.2 Å². The van der Waals surface area contributed by atoms with Crippen LogP contribution in [0, 0.1) is 10.1 Å². The van der Waals surface area contributed by atoms with E-state index in [4.69, 9.17) is 4.74 Å². The topological polar surface area (TPSA) is 134 Å². The summed E-state index contributed by atoms with van der Waals surface area (Å²) in [6.45, 7) is 1.89. The van der Waals surface area contributed by atoms with Crippen LogP contribution >= 0.6 is 0 Å². The number of hydrazone groups is 1. The van der Waals surface area contributed by atoms with E-state index in [-0.39, 0.29) is 30.1 Å². The normalized spacial score (nSPS) is 10.7. The largest absolute Gasteiger partial charge is 0.508 e. The first-order valence-electron chi connectivity index (χ1n) is 7.64. The Labute approximate surface area is 148 Å². The number of carbonyl (C=O) groups is 1. The van der Waals surface area contributed by atoms with Crippen LogP contribution in [-0.4, -0.2) is 33.9 Å². The Kier molecular flexibility index (Phi) is 6.10. The standard InChI is InChI=1S/C17H17N3O6/c1-2-26-15-8-12(7-14(17(15)23)20(24)25)10-18-19-16(22)9-11-3-5-13(21)6-4-11/h3-8,10,21,23H,2,9H2,1H3,(H,19,22)/b18-10-. The highest BCUT2D eigenvalue weighted by Crippen LogP contribution is 2.36. The van der Waals surface area contributed by atoms with Crippen molar-refractivity contribution in [1.29, 1.82) is 0 Å². The third kappa shape index (κ3) is 4.94. The molecule has 0 saturated carbocycles. The summed E-state index contributed by atoms with van der Waals surface area (Å²) < 4.78 is 5.16. The summed E-state index contributed by atoms with van der Waals surface area (Å²) in [7, 11) is 0. The number of phenolic OH excluding ortho intramolecular Hbond substituents is 2. The molecule has 0 fully saturated rings. The molecule has 0 aromatic heterocycles. The number of hydrogen-bond donors (Lipinski definition) is 3. The maximum Gasteiger partial charge on any atom is 0.315 e. The Morgan fingerprint density at radius 1 is 1.31 bits per heavy atom. The molecule has 9 heteroatoms. The third-order valence-electron chi connectivity index (χ3n) is 3.28. The van der Waals surface area contributed by atoms with Crippen molar-refractivity contribution >= 4 is 17.8 Å². The van der Waals surface area contributed by atoms with Gasteiger partial charge in [0.25, 0.3) is 0 Å². The van der Waals surface area contributed by atoms with Gasteiger partial charge in [0.15, 0.2) is 5.75 Å². The van der Waals surface area contributed by atoms with Gasteiger partial charge in [-0.1, -0.05) is 12.1 Å². The van der Waals surface area contributed by atoms with E-state index in [1.807, 2.05) is 0 Å². The molecule has 0 bridgehead atoms. The van der Waals surface area contributed by atoms with Crippen LogP contribution in [0.25, 0.3) is 0 Å². The average Bonchev–Trinajstić information content (AvgIpc) is 2.59. The summed E-state index contributed by atoms with van der Waals surface area (Å²) >= 11 is 0. The van der Waals surface area contributed by atoms with Crippen molar-refractivity contribution in [2.75, 3.05) is 6.61 Å². The highest BCUT2D eigenvalue weighted by Gasteiger charge is 2.19. The smallest absolute Gasteiger partial charge is 0.315 e. The van der Waals surface area contributed by atoms with Crippen LogP contribution in [0.2, 0.25) is 0 Å². The van der Waals surface area contributed by atoms with Crippen LogP contribution in [0.1, 0.15) is 18.1 Å². The molecular weight excluding hydrogens is 342 g/mol. The van der Waals surface area contributed by atoms with Gasteiger partial charge < -0.3 is 14.9 Å². The van der Waals surface area contributed by atoms with Crippen LogP contribution in [-0.2, 0) is 11.2 Å². The zero-order chi connectivity index (χ0) is 19.1. The minimum atomic E-state index is -0.738. The predicted molar refractivity (Wildman–Crippen MR) is 93.5 cm³/mol. The second kappa shape index (κ2) is 8.47. The van der Waals surface area contributed by atoms with E-state index in [9.17, 15) is 25.1 Å². The number of nitro groups is 1. The number of nitrogens with one attached hydrogen (secondary N) is 1. The van der Waals surface area contributed by atoms with E-state index in [0.717, 1.165) is 6.07 Å². The summed E-state index contributed by atoms with van der Waals surface area (Å²) in [6.07, 6.45) is 1.27. The second-order valence-corrected chi connectivity index (χ2v) is 5.21. The van der Waals surface area contributed by atoms with Gasteiger partial charge >= 0.3 is 5.69 Å².